The van der Waals surface area contributed by atoms with Gasteiger partial charge in [0.1, 0.15) is 11.6 Å². The van der Waals surface area contributed by atoms with E-state index in [1.54, 1.807) is 43.5 Å². The fourth-order valence-corrected chi connectivity index (χ4v) is 2.94. The molecule has 0 spiro atoms. The molecule has 25 heavy (non-hydrogen) atoms. The molecule has 1 saturated heterocycles. The number of quaternary nitrogens is 1. The molecular formula is C19H20FN2O3+. The first-order valence-corrected chi connectivity index (χ1v) is 8.17. The Balaban J connectivity index is 1.59. The lowest BCUT2D eigenvalue weighted by Gasteiger charge is -2.14. The van der Waals surface area contributed by atoms with Crippen molar-refractivity contribution in [2.45, 2.75) is 18.9 Å². The summed E-state index contributed by atoms with van der Waals surface area (Å²) >= 11 is 0. The summed E-state index contributed by atoms with van der Waals surface area (Å²) < 4.78 is 18.0. The summed E-state index contributed by atoms with van der Waals surface area (Å²) in [5.41, 5.74) is 1.56. The Kier molecular flexibility index (Phi) is 5.09. The van der Waals surface area contributed by atoms with Crippen molar-refractivity contribution in [2.24, 2.45) is 0 Å². The van der Waals surface area contributed by atoms with Gasteiger partial charge in [-0.2, -0.15) is 0 Å². The number of imide groups is 1. The Hall–Kier alpha value is -2.73. The molecule has 2 aromatic carbocycles. The number of amides is 2. The summed E-state index contributed by atoms with van der Waals surface area (Å²) in [6.07, 6.45) is 0.898. The first-order valence-electron chi connectivity index (χ1n) is 8.17. The molecule has 2 aromatic rings. The molecule has 1 aliphatic rings. The molecular weight excluding hydrogens is 323 g/mol. The van der Waals surface area contributed by atoms with Crippen LogP contribution in [0.5, 0.6) is 5.75 Å². The molecule has 2 amide bonds. The van der Waals surface area contributed by atoms with E-state index in [-0.39, 0.29) is 24.1 Å². The SMILES string of the molecule is COc1ccc(N2C(=O)CC([NH2+]CCc3ccc(F)cc3)C2=O)cc1. The van der Waals surface area contributed by atoms with Crippen LogP contribution >= 0.6 is 0 Å². The number of halogens is 1. The van der Waals surface area contributed by atoms with Crippen LogP contribution in [0.1, 0.15) is 12.0 Å². The Morgan fingerprint density at radius 3 is 2.44 bits per heavy atom. The maximum Gasteiger partial charge on any atom is 0.292 e. The highest BCUT2D eigenvalue weighted by Crippen LogP contribution is 2.24. The zero-order chi connectivity index (χ0) is 17.8. The van der Waals surface area contributed by atoms with Crippen molar-refractivity contribution >= 4 is 17.5 Å². The predicted octanol–water partition coefficient (Wildman–Crippen LogP) is 1.27. The van der Waals surface area contributed by atoms with Gasteiger partial charge in [-0.1, -0.05) is 12.1 Å². The van der Waals surface area contributed by atoms with E-state index in [4.69, 9.17) is 4.74 Å². The van der Waals surface area contributed by atoms with Crippen molar-refractivity contribution in [3.63, 3.8) is 0 Å². The maximum atomic E-state index is 12.9. The van der Waals surface area contributed by atoms with E-state index in [0.29, 0.717) is 24.4 Å². The van der Waals surface area contributed by atoms with Gasteiger partial charge in [-0.3, -0.25) is 9.59 Å². The van der Waals surface area contributed by atoms with Gasteiger partial charge in [0.2, 0.25) is 5.91 Å². The number of benzene rings is 2. The Labute approximate surface area is 145 Å². The van der Waals surface area contributed by atoms with E-state index >= 15 is 0 Å². The third-order valence-corrected chi connectivity index (χ3v) is 4.31. The van der Waals surface area contributed by atoms with E-state index in [9.17, 15) is 14.0 Å². The highest BCUT2D eigenvalue weighted by Gasteiger charge is 2.42. The largest absolute Gasteiger partial charge is 0.497 e. The molecule has 3 rings (SSSR count). The minimum Gasteiger partial charge on any atom is -0.497 e. The molecule has 0 saturated carbocycles. The average molecular weight is 343 g/mol. The van der Waals surface area contributed by atoms with Gasteiger partial charge in [-0.15, -0.1) is 0 Å². The van der Waals surface area contributed by atoms with Crippen LogP contribution in [-0.2, 0) is 16.0 Å². The van der Waals surface area contributed by atoms with Gasteiger partial charge < -0.3 is 10.1 Å². The molecule has 0 aliphatic carbocycles. The fourth-order valence-electron chi connectivity index (χ4n) is 2.94. The second kappa shape index (κ2) is 7.44. The van der Waals surface area contributed by atoms with Crippen LogP contribution < -0.4 is 15.0 Å². The summed E-state index contributed by atoms with van der Waals surface area (Å²) in [4.78, 5) is 26.0. The number of methoxy groups -OCH3 is 1. The minimum atomic E-state index is -0.407. The Bertz CT molecular complexity index is 759. The van der Waals surface area contributed by atoms with E-state index in [0.717, 1.165) is 5.56 Å². The zero-order valence-corrected chi connectivity index (χ0v) is 13.9. The third kappa shape index (κ3) is 3.85. The predicted molar refractivity (Wildman–Crippen MR) is 90.8 cm³/mol. The number of hydrogen-bond acceptors (Lipinski definition) is 3. The number of ether oxygens (including phenoxy) is 1. The van der Waals surface area contributed by atoms with Crippen molar-refractivity contribution in [3.05, 3.63) is 59.9 Å². The average Bonchev–Trinajstić information content (AvgIpc) is 2.90. The molecule has 1 aliphatic heterocycles. The number of anilines is 1. The van der Waals surface area contributed by atoms with Gasteiger partial charge in [0, 0.05) is 6.42 Å². The van der Waals surface area contributed by atoms with Gasteiger partial charge in [-0.25, -0.2) is 9.29 Å². The number of hydrogen-bond donors (Lipinski definition) is 1. The van der Waals surface area contributed by atoms with Crippen molar-refractivity contribution < 1.29 is 24.0 Å². The lowest BCUT2D eigenvalue weighted by atomic mass is 10.1. The van der Waals surface area contributed by atoms with Crippen LogP contribution in [0.15, 0.2) is 48.5 Å². The standard InChI is InChI=1S/C19H19FN2O3/c1-25-16-8-6-15(7-9-16)22-18(23)12-17(19(22)24)21-11-10-13-2-4-14(20)5-3-13/h2-9,17,21H,10-12H2,1H3/p+1. The quantitative estimate of drug-likeness (QED) is 0.804. The molecule has 6 heteroatoms. The van der Waals surface area contributed by atoms with Crippen LogP contribution in [0.25, 0.3) is 0 Å². The van der Waals surface area contributed by atoms with Crippen molar-refractivity contribution in [3.8, 4) is 5.75 Å². The van der Waals surface area contributed by atoms with Gasteiger partial charge in [0.25, 0.3) is 5.91 Å². The Morgan fingerprint density at radius 2 is 1.80 bits per heavy atom. The van der Waals surface area contributed by atoms with E-state index < -0.39 is 6.04 Å². The Morgan fingerprint density at radius 1 is 1.12 bits per heavy atom. The maximum absolute atomic E-state index is 12.9. The fraction of sp³-hybridized carbons (Fsp3) is 0.263. The van der Waals surface area contributed by atoms with E-state index in [1.807, 2.05) is 5.32 Å². The van der Waals surface area contributed by atoms with E-state index in [2.05, 4.69) is 0 Å². The summed E-state index contributed by atoms with van der Waals surface area (Å²) in [6, 6.07) is 12.8. The monoisotopic (exact) mass is 343 g/mol. The first kappa shape index (κ1) is 17.1. The normalized spacial score (nSPS) is 17.2. The molecule has 5 nitrogen and oxygen atoms in total. The molecule has 130 valence electrons. The number of nitrogens with two attached hydrogens (primary N) is 1. The van der Waals surface area contributed by atoms with Crippen LogP contribution in [-0.4, -0.2) is 31.5 Å². The third-order valence-electron chi connectivity index (χ3n) is 4.31. The lowest BCUT2D eigenvalue weighted by molar-refractivity contribution is -0.674. The van der Waals surface area contributed by atoms with Crippen molar-refractivity contribution in [1.82, 2.24) is 0 Å². The highest BCUT2D eigenvalue weighted by atomic mass is 19.1. The number of rotatable bonds is 6. The minimum absolute atomic E-state index is 0.189. The van der Waals surface area contributed by atoms with Crippen molar-refractivity contribution in [1.29, 1.82) is 0 Å². The van der Waals surface area contributed by atoms with E-state index in [1.165, 1.54) is 17.0 Å². The smallest absolute Gasteiger partial charge is 0.292 e. The van der Waals surface area contributed by atoms with Crippen LogP contribution in [0.4, 0.5) is 10.1 Å². The first-order chi connectivity index (χ1) is 12.1. The molecule has 0 aromatic heterocycles. The topological polar surface area (TPSA) is 63.2 Å². The highest BCUT2D eigenvalue weighted by molar-refractivity contribution is 6.21. The van der Waals surface area contributed by atoms with Gasteiger partial charge in [0.15, 0.2) is 6.04 Å². The summed E-state index contributed by atoms with van der Waals surface area (Å²) in [7, 11) is 1.56. The number of carbonyl (C=O) groups excluding carboxylic acids is 2. The molecule has 1 unspecified atom stereocenters. The molecule has 1 atom stereocenters. The summed E-state index contributed by atoms with van der Waals surface area (Å²) in [5.74, 6) is 0.0113. The number of carbonyl (C=O) groups is 2. The molecule has 0 bridgehead atoms. The van der Waals surface area contributed by atoms with Gasteiger partial charge in [-0.05, 0) is 42.0 Å². The zero-order valence-electron chi connectivity index (χ0n) is 13.9. The molecule has 0 radical (unpaired) electrons. The van der Waals surface area contributed by atoms with Crippen LogP contribution in [0, 0.1) is 5.82 Å². The number of nitrogens with zero attached hydrogens (tertiary/aromatic N) is 1. The van der Waals surface area contributed by atoms with Crippen LogP contribution in [0.3, 0.4) is 0 Å². The second-order valence-electron chi connectivity index (χ2n) is 5.98. The lowest BCUT2D eigenvalue weighted by Crippen LogP contribution is -2.92. The van der Waals surface area contributed by atoms with Crippen LogP contribution in [0.2, 0.25) is 0 Å². The molecule has 1 heterocycles. The molecule has 2 N–H and O–H groups in total. The molecule has 1 fully saturated rings. The summed E-state index contributed by atoms with van der Waals surface area (Å²) in [6.45, 7) is 0.659. The van der Waals surface area contributed by atoms with Crippen molar-refractivity contribution in [2.75, 3.05) is 18.6 Å². The summed E-state index contributed by atoms with van der Waals surface area (Å²) in [5, 5.41) is 1.88. The van der Waals surface area contributed by atoms with Gasteiger partial charge >= 0.3 is 0 Å². The second-order valence-corrected chi connectivity index (χ2v) is 5.98. The van der Waals surface area contributed by atoms with Gasteiger partial charge in [0.05, 0.1) is 25.8 Å².